The second kappa shape index (κ2) is 9.18. The molecule has 2 aromatic carbocycles. The van der Waals surface area contributed by atoms with Crippen molar-refractivity contribution in [2.75, 3.05) is 0 Å². The molecular formula is C22H26O4. The van der Waals surface area contributed by atoms with Gasteiger partial charge in [0.05, 0.1) is 12.3 Å². The van der Waals surface area contributed by atoms with Crippen LogP contribution in [0.25, 0.3) is 0 Å². The van der Waals surface area contributed by atoms with E-state index >= 15 is 0 Å². The second-order valence-electron chi connectivity index (χ2n) is 7.27. The predicted octanol–water partition coefficient (Wildman–Crippen LogP) is 4.32. The molecule has 26 heavy (non-hydrogen) atoms. The lowest BCUT2D eigenvalue weighted by atomic mass is 9.96. The van der Waals surface area contributed by atoms with Crippen LogP contribution in [0, 0.1) is 5.92 Å². The lowest BCUT2D eigenvalue weighted by Crippen LogP contribution is -2.29. The molecule has 0 N–H and O–H groups in total. The van der Waals surface area contributed by atoms with Gasteiger partial charge in [-0.05, 0) is 38.3 Å². The van der Waals surface area contributed by atoms with Crippen molar-refractivity contribution in [1.29, 1.82) is 0 Å². The van der Waals surface area contributed by atoms with Gasteiger partial charge in [-0.1, -0.05) is 60.7 Å². The molecule has 0 aliphatic carbocycles. The number of carbonyl (C=O) groups is 2. The third-order valence-corrected chi connectivity index (χ3v) is 3.72. The number of esters is 2. The van der Waals surface area contributed by atoms with Crippen LogP contribution in [0.4, 0.5) is 0 Å². The van der Waals surface area contributed by atoms with Crippen LogP contribution in [0.2, 0.25) is 0 Å². The maximum Gasteiger partial charge on any atom is 0.310 e. The summed E-state index contributed by atoms with van der Waals surface area (Å²) in [4.78, 5) is 24.8. The first-order valence-electron chi connectivity index (χ1n) is 8.80. The summed E-state index contributed by atoms with van der Waals surface area (Å²) < 4.78 is 10.8. The molecule has 0 aliphatic rings. The van der Waals surface area contributed by atoms with Gasteiger partial charge in [0.25, 0.3) is 0 Å². The fraction of sp³-hybridized carbons (Fsp3) is 0.364. The van der Waals surface area contributed by atoms with E-state index in [0.29, 0.717) is 6.42 Å². The maximum atomic E-state index is 12.6. The Labute approximate surface area is 155 Å². The molecule has 0 saturated heterocycles. The molecule has 0 aromatic heterocycles. The van der Waals surface area contributed by atoms with Gasteiger partial charge in [-0.2, -0.15) is 0 Å². The van der Waals surface area contributed by atoms with Gasteiger partial charge in [-0.3, -0.25) is 9.59 Å². The Morgan fingerprint density at radius 1 is 0.885 bits per heavy atom. The van der Waals surface area contributed by atoms with Gasteiger partial charge in [0.2, 0.25) is 0 Å². The molecule has 0 spiro atoms. The van der Waals surface area contributed by atoms with Crippen LogP contribution >= 0.6 is 0 Å². The summed E-state index contributed by atoms with van der Waals surface area (Å²) in [5, 5.41) is 0. The van der Waals surface area contributed by atoms with Gasteiger partial charge in [-0.25, -0.2) is 0 Å². The standard InChI is InChI=1S/C22H26O4/c1-22(2,3)26-20(23)15-19(14-17-10-6-4-7-11-17)21(24)25-16-18-12-8-5-9-13-18/h4-13,19H,14-16H2,1-3H3. The van der Waals surface area contributed by atoms with Gasteiger partial charge in [0.1, 0.15) is 12.2 Å². The highest BCUT2D eigenvalue weighted by Gasteiger charge is 2.27. The highest BCUT2D eigenvalue weighted by atomic mass is 16.6. The number of rotatable bonds is 7. The van der Waals surface area contributed by atoms with Crippen molar-refractivity contribution in [3.8, 4) is 0 Å². The van der Waals surface area contributed by atoms with Crippen molar-refractivity contribution in [3.05, 3.63) is 71.8 Å². The first-order valence-corrected chi connectivity index (χ1v) is 8.80. The van der Waals surface area contributed by atoms with Crippen molar-refractivity contribution in [2.24, 2.45) is 5.92 Å². The van der Waals surface area contributed by atoms with Crippen LogP contribution in [0.15, 0.2) is 60.7 Å². The fourth-order valence-corrected chi connectivity index (χ4v) is 2.57. The number of ether oxygens (including phenoxy) is 2. The lowest BCUT2D eigenvalue weighted by molar-refractivity contribution is -0.162. The Kier molecular flexibility index (Phi) is 6.96. The van der Waals surface area contributed by atoms with Gasteiger partial charge < -0.3 is 9.47 Å². The van der Waals surface area contributed by atoms with E-state index in [2.05, 4.69) is 0 Å². The largest absolute Gasteiger partial charge is 0.461 e. The van der Waals surface area contributed by atoms with E-state index in [0.717, 1.165) is 11.1 Å². The summed E-state index contributed by atoms with van der Waals surface area (Å²) in [6.07, 6.45) is 0.438. The van der Waals surface area contributed by atoms with Gasteiger partial charge in [0, 0.05) is 0 Å². The first kappa shape index (κ1) is 19.7. The van der Waals surface area contributed by atoms with Crippen LogP contribution in [0.3, 0.4) is 0 Å². The molecule has 0 saturated carbocycles. The molecule has 1 unspecified atom stereocenters. The molecule has 138 valence electrons. The summed E-state index contributed by atoms with van der Waals surface area (Å²) in [6, 6.07) is 19.1. The highest BCUT2D eigenvalue weighted by molar-refractivity contribution is 5.80. The topological polar surface area (TPSA) is 52.6 Å². The zero-order valence-electron chi connectivity index (χ0n) is 15.6. The molecule has 4 heteroatoms. The molecule has 0 bridgehead atoms. The summed E-state index contributed by atoms with van der Waals surface area (Å²) in [5.41, 5.74) is 1.32. The van der Waals surface area contributed by atoms with Crippen molar-refractivity contribution in [1.82, 2.24) is 0 Å². The van der Waals surface area contributed by atoms with Crippen LogP contribution in [-0.2, 0) is 32.1 Å². The Morgan fingerprint density at radius 2 is 1.42 bits per heavy atom. The lowest BCUT2D eigenvalue weighted by Gasteiger charge is -2.22. The monoisotopic (exact) mass is 354 g/mol. The smallest absolute Gasteiger partial charge is 0.310 e. The summed E-state index contributed by atoms with van der Waals surface area (Å²) in [5.74, 6) is -1.35. The number of benzene rings is 2. The quantitative estimate of drug-likeness (QED) is 0.695. The van der Waals surface area contributed by atoms with Gasteiger partial charge in [-0.15, -0.1) is 0 Å². The average molecular weight is 354 g/mol. The average Bonchev–Trinajstić information content (AvgIpc) is 2.59. The van der Waals surface area contributed by atoms with Gasteiger partial charge in [0.15, 0.2) is 0 Å². The normalized spacial score (nSPS) is 12.3. The van der Waals surface area contributed by atoms with Crippen LogP contribution < -0.4 is 0 Å². The number of hydrogen-bond donors (Lipinski definition) is 0. The molecule has 0 heterocycles. The predicted molar refractivity (Wildman–Crippen MR) is 100 cm³/mol. The highest BCUT2D eigenvalue weighted by Crippen LogP contribution is 2.18. The van der Waals surface area contributed by atoms with Gasteiger partial charge >= 0.3 is 11.9 Å². The van der Waals surface area contributed by atoms with Crippen LogP contribution in [0.1, 0.15) is 38.3 Å². The Balaban J connectivity index is 2.03. The number of hydrogen-bond acceptors (Lipinski definition) is 4. The van der Waals surface area contributed by atoms with E-state index in [1.807, 2.05) is 81.4 Å². The van der Waals surface area contributed by atoms with Crippen molar-refractivity contribution in [2.45, 2.75) is 45.8 Å². The minimum absolute atomic E-state index is 0.000211. The zero-order valence-corrected chi connectivity index (χ0v) is 15.6. The summed E-state index contributed by atoms with van der Waals surface area (Å²) in [7, 11) is 0. The molecule has 1 atom stereocenters. The van der Waals surface area contributed by atoms with E-state index in [9.17, 15) is 9.59 Å². The molecule has 0 aliphatic heterocycles. The zero-order chi connectivity index (χ0) is 19.0. The first-order chi connectivity index (χ1) is 12.3. The van der Waals surface area contributed by atoms with Crippen LogP contribution in [-0.4, -0.2) is 17.5 Å². The van der Waals surface area contributed by atoms with E-state index in [1.165, 1.54) is 0 Å². The molecule has 0 fully saturated rings. The molecular weight excluding hydrogens is 328 g/mol. The molecule has 2 rings (SSSR count). The summed E-state index contributed by atoms with van der Waals surface area (Å²) in [6.45, 7) is 5.62. The van der Waals surface area contributed by atoms with E-state index < -0.39 is 17.5 Å². The Hall–Kier alpha value is -2.62. The Bertz CT molecular complexity index is 702. The molecule has 2 aromatic rings. The van der Waals surface area contributed by atoms with Crippen molar-refractivity contribution in [3.63, 3.8) is 0 Å². The van der Waals surface area contributed by atoms with E-state index in [1.54, 1.807) is 0 Å². The Morgan fingerprint density at radius 3 is 1.96 bits per heavy atom. The molecule has 4 nitrogen and oxygen atoms in total. The second-order valence-corrected chi connectivity index (χ2v) is 7.27. The van der Waals surface area contributed by atoms with Crippen molar-refractivity contribution < 1.29 is 19.1 Å². The maximum absolute atomic E-state index is 12.6. The van der Waals surface area contributed by atoms with Crippen LogP contribution in [0.5, 0.6) is 0 Å². The van der Waals surface area contributed by atoms with Crippen molar-refractivity contribution >= 4 is 11.9 Å². The van der Waals surface area contributed by atoms with E-state index in [-0.39, 0.29) is 19.0 Å². The third-order valence-electron chi connectivity index (χ3n) is 3.72. The molecule has 0 radical (unpaired) electrons. The van der Waals surface area contributed by atoms with E-state index in [4.69, 9.17) is 9.47 Å². The summed E-state index contributed by atoms with van der Waals surface area (Å²) >= 11 is 0. The number of carbonyl (C=O) groups excluding carboxylic acids is 2. The minimum Gasteiger partial charge on any atom is -0.461 e. The fourth-order valence-electron chi connectivity index (χ4n) is 2.57. The third kappa shape index (κ3) is 7.09. The SMILES string of the molecule is CC(C)(C)OC(=O)CC(Cc1ccccc1)C(=O)OCc1ccccc1. The molecule has 0 amide bonds. The minimum atomic E-state index is -0.581.